The van der Waals surface area contributed by atoms with Crippen molar-refractivity contribution in [3.8, 4) is 0 Å². The van der Waals surface area contributed by atoms with E-state index in [2.05, 4.69) is 4.90 Å². The first-order chi connectivity index (χ1) is 14.6. The molecule has 0 aliphatic carbocycles. The zero-order valence-electron chi connectivity index (χ0n) is 18.1. The zero-order valence-corrected chi connectivity index (χ0v) is 18.9. The number of piperidine rings is 1. The fourth-order valence-electron chi connectivity index (χ4n) is 4.29. The second kappa shape index (κ2) is 10.7. The first kappa shape index (κ1) is 26.2. The summed E-state index contributed by atoms with van der Waals surface area (Å²) in [5, 5.41) is 9.63. The van der Waals surface area contributed by atoms with Crippen molar-refractivity contribution in [3.63, 3.8) is 0 Å². The molecule has 2 aliphatic rings. The molecule has 0 saturated carbocycles. The van der Waals surface area contributed by atoms with E-state index in [1.807, 2.05) is 19.0 Å². The van der Waals surface area contributed by atoms with E-state index >= 15 is 0 Å². The number of alkyl halides is 3. The lowest BCUT2D eigenvalue weighted by Gasteiger charge is -2.38. The number of amides is 1. The Hall–Kier alpha value is -2.04. The molecule has 3 rings (SSSR count). The van der Waals surface area contributed by atoms with Crippen molar-refractivity contribution in [2.45, 2.75) is 43.9 Å². The number of hydrogen-bond donors (Lipinski definition) is 1. The highest BCUT2D eigenvalue weighted by Crippen LogP contribution is 2.35. The van der Waals surface area contributed by atoms with Gasteiger partial charge in [-0.25, -0.2) is 4.79 Å². The van der Waals surface area contributed by atoms with Gasteiger partial charge in [0.05, 0.1) is 11.3 Å². The van der Waals surface area contributed by atoms with Gasteiger partial charge in [-0.3, -0.25) is 4.79 Å². The van der Waals surface area contributed by atoms with Crippen LogP contribution in [0.5, 0.6) is 0 Å². The molecular formula is C21H29ClF3N3O4. The van der Waals surface area contributed by atoms with Crippen LogP contribution in [0.4, 0.5) is 24.5 Å². The number of halogens is 4. The molecule has 1 amide bonds. The molecule has 7 nitrogen and oxygen atoms in total. The maximum absolute atomic E-state index is 13.5. The largest absolute Gasteiger partial charge is 0.478 e. The quantitative estimate of drug-likeness (QED) is 0.697. The van der Waals surface area contributed by atoms with Crippen LogP contribution in [-0.4, -0.2) is 80.5 Å². The van der Waals surface area contributed by atoms with Crippen LogP contribution in [0, 0.1) is 0 Å². The molecule has 2 saturated heterocycles. The number of aromatic carboxylic acids is 1. The van der Waals surface area contributed by atoms with Gasteiger partial charge in [-0.2, -0.15) is 13.2 Å². The molecule has 0 aromatic heterocycles. The molecule has 1 aromatic carbocycles. The normalized spacial score (nSPS) is 18.4. The molecule has 11 heteroatoms. The Morgan fingerprint density at radius 1 is 1.06 bits per heavy atom. The van der Waals surface area contributed by atoms with Gasteiger partial charge in [-0.15, -0.1) is 12.4 Å². The van der Waals surface area contributed by atoms with Crippen molar-refractivity contribution < 1.29 is 32.6 Å². The van der Waals surface area contributed by atoms with E-state index < -0.39 is 24.1 Å². The van der Waals surface area contributed by atoms with E-state index in [-0.39, 0.29) is 49.7 Å². The number of hydrogen-bond acceptors (Lipinski definition) is 5. The van der Waals surface area contributed by atoms with Crippen LogP contribution in [-0.2, 0) is 9.53 Å². The number of anilines is 2. The van der Waals surface area contributed by atoms with Gasteiger partial charge in [0.2, 0.25) is 0 Å². The Morgan fingerprint density at radius 2 is 1.66 bits per heavy atom. The van der Waals surface area contributed by atoms with Crippen molar-refractivity contribution >= 4 is 35.7 Å². The predicted molar refractivity (Wildman–Crippen MR) is 117 cm³/mol. The summed E-state index contributed by atoms with van der Waals surface area (Å²) in [6.45, 7) is 1.82. The lowest BCUT2D eigenvalue weighted by atomic mass is 10.0. The number of rotatable bonds is 5. The Kier molecular flexibility index (Phi) is 8.78. The minimum absolute atomic E-state index is 0. The van der Waals surface area contributed by atoms with Crippen molar-refractivity contribution in [1.82, 2.24) is 4.90 Å². The van der Waals surface area contributed by atoms with Gasteiger partial charge in [0.25, 0.3) is 0 Å². The molecule has 2 aliphatic heterocycles. The Labute approximate surface area is 191 Å². The summed E-state index contributed by atoms with van der Waals surface area (Å²) in [5.41, 5.74) is 0.0780. The molecule has 2 fully saturated rings. The van der Waals surface area contributed by atoms with Gasteiger partial charge < -0.3 is 24.5 Å². The molecule has 0 radical (unpaired) electrons. The summed E-state index contributed by atoms with van der Waals surface area (Å²) in [4.78, 5) is 29.0. The monoisotopic (exact) mass is 479 g/mol. The SMILES string of the molecule is CN(C)C1CCN(c2ccc(C(=O)O)c(N(C(=O)C(F)(F)F)C3CCOCC3)c2)CC1.Cl. The van der Waals surface area contributed by atoms with Gasteiger partial charge in [0.15, 0.2) is 0 Å². The van der Waals surface area contributed by atoms with Crippen molar-refractivity contribution in [2.75, 3.05) is 50.2 Å². The average Bonchev–Trinajstić information content (AvgIpc) is 2.74. The highest BCUT2D eigenvalue weighted by molar-refractivity contribution is 6.05. The fourth-order valence-corrected chi connectivity index (χ4v) is 4.29. The van der Waals surface area contributed by atoms with Crippen LogP contribution in [0.15, 0.2) is 18.2 Å². The van der Waals surface area contributed by atoms with E-state index in [1.54, 1.807) is 6.07 Å². The molecule has 180 valence electrons. The Bertz CT molecular complexity index is 808. The Morgan fingerprint density at radius 3 is 2.16 bits per heavy atom. The molecule has 0 spiro atoms. The van der Waals surface area contributed by atoms with Crippen LogP contribution in [0.1, 0.15) is 36.0 Å². The second-order valence-electron chi connectivity index (χ2n) is 8.20. The number of carboxylic acids is 1. The number of ether oxygens (including phenoxy) is 1. The summed E-state index contributed by atoms with van der Waals surface area (Å²) in [5.74, 6) is -3.43. The smallest absolute Gasteiger partial charge is 0.471 e. The third-order valence-electron chi connectivity index (χ3n) is 6.05. The molecule has 32 heavy (non-hydrogen) atoms. The van der Waals surface area contributed by atoms with Gasteiger partial charge in [-0.1, -0.05) is 0 Å². The standard InChI is InChI=1S/C21H28F3N3O4.ClH/c1-25(2)14-5-9-26(10-6-14)16-3-4-17(19(28)29)18(13-16)27(20(30)21(22,23)24)15-7-11-31-12-8-15;/h3-4,13-15H,5-12H2,1-2H3,(H,28,29);1H. The highest BCUT2D eigenvalue weighted by atomic mass is 35.5. The first-order valence-corrected chi connectivity index (χ1v) is 10.4. The second-order valence-corrected chi connectivity index (χ2v) is 8.20. The summed E-state index contributed by atoms with van der Waals surface area (Å²) in [6, 6.07) is 3.94. The summed E-state index contributed by atoms with van der Waals surface area (Å²) >= 11 is 0. The summed E-state index contributed by atoms with van der Waals surface area (Å²) in [7, 11) is 4.02. The molecule has 1 aromatic rings. The van der Waals surface area contributed by atoms with E-state index in [4.69, 9.17) is 4.74 Å². The number of carbonyl (C=O) groups excluding carboxylic acids is 1. The fraction of sp³-hybridized carbons (Fsp3) is 0.619. The minimum atomic E-state index is -5.12. The van der Waals surface area contributed by atoms with E-state index in [0.29, 0.717) is 29.7 Å². The third-order valence-corrected chi connectivity index (χ3v) is 6.05. The zero-order chi connectivity index (χ0) is 22.8. The maximum Gasteiger partial charge on any atom is 0.471 e. The van der Waals surface area contributed by atoms with Crippen LogP contribution in [0.2, 0.25) is 0 Å². The third kappa shape index (κ3) is 5.85. The van der Waals surface area contributed by atoms with Gasteiger partial charge in [-0.05, 0) is 58.0 Å². The first-order valence-electron chi connectivity index (χ1n) is 10.4. The number of nitrogens with zero attached hydrogens (tertiary/aromatic N) is 3. The summed E-state index contributed by atoms with van der Waals surface area (Å²) < 4.78 is 45.6. The van der Waals surface area contributed by atoms with Crippen molar-refractivity contribution in [3.05, 3.63) is 23.8 Å². The van der Waals surface area contributed by atoms with Crippen LogP contribution < -0.4 is 9.80 Å². The topological polar surface area (TPSA) is 73.3 Å². The predicted octanol–water partition coefficient (Wildman–Crippen LogP) is 3.41. The molecule has 0 atom stereocenters. The van der Waals surface area contributed by atoms with Gasteiger partial charge in [0.1, 0.15) is 0 Å². The molecule has 2 heterocycles. The Balaban J connectivity index is 0.00000363. The van der Waals surface area contributed by atoms with Crippen LogP contribution in [0.3, 0.4) is 0 Å². The lowest BCUT2D eigenvalue weighted by molar-refractivity contribution is -0.171. The number of carbonyl (C=O) groups is 2. The molecule has 0 unspecified atom stereocenters. The lowest BCUT2D eigenvalue weighted by Crippen LogP contribution is -2.50. The van der Waals surface area contributed by atoms with Crippen molar-refractivity contribution in [1.29, 1.82) is 0 Å². The average molecular weight is 480 g/mol. The maximum atomic E-state index is 13.5. The molecule has 1 N–H and O–H groups in total. The van der Waals surface area contributed by atoms with Crippen LogP contribution >= 0.6 is 12.4 Å². The van der Waals surface area contributed by atoms with E-state index in [9.17, 15) is 27.9 Å². The van der Waals surface area contributed by atoms with Crippen LogP contribution in [0.25, 0.3) is 0 Å². The number of benzene rings is 1. The summed E-state index contributed by atoms with van der Waals surface area (Å²) in [6.07, 6.45) is -2.94. The van der Waals surface area contributed by atoms with Crippen molar-refractivity contribution in [2.24, 2.45) is 0 Å². The number of carboxylic acid groups (broad SMARTS) is 1. The molecular weight excluding hydrogens is 451 g/mol. The highest BCUT2D eigenvalue weighted by Gasteiger charge is 2.46. The van der Waals surface area contributed by atoms with Gasteiger partial charge in [0, 0.05) is 44.1 Å². The van der Waals surface area contributed by atoms with E-state index in [0.717, 1.165) is 12.8 Å². The van der Waals surface area contributed by atoms with E-state index in [1.165, 1.54) is 12.1 Å². The molecule has 0 bridgehead atoms. The van der Waals surface area contributed by atoms with Gasteiger partial charge >= 0.3 is 18.1 Å². The minimum Gasteiger partial charge on any atom is -0.478 e.